The maximum Gasteiger partial charge on any atom is 0.107 e. The molecule has 1 heterocycles. The Hall–Kier alpha value is -1.31. The van der Waals surface area contributed by atoms with Crippen LogP contribution in [0.2, 0.25) is 0 Å². The van der Waals surface area contributed by atoms with Crippen molar-refractivity contribution in [2.24, 2.45) is 0 Å². The first-order valence-corrected chi connectivity index (χ1v) is 10.3. The summed E-state index contributed by atoms with van der Waals surface area (Å²) in [5.41, 5.74) is 2.27. The number of rotatable bonds is 14. The average Bonchev–Trinajstić information content (AvgIpc) is 3.02. The fraction of sp³-hybridized carbons (Fsp3) is 0.682. The summed E-state index contributed by atoms with van der Waals surface area (Å²) >= 11 is 0. The van der Waals surface area contributed by atoms with Crippen molar-refractivity contribution in [1.82, 2.24) is 9.97 Å². The van der Waals surface area contributed by atoms with Gasteiger partial charge in [0.05, 0.1) is 11.0 Å². The molecule has 0 radical (unpaired) electrons. The number of H-pyrrole nitrogens is 1. The van der Waals surface area contributed by atoms with E-state index >= 15 is 0 Å². The molecule has 1 aromatic heterocycles. The second-order valence-electron chi connectivity index (χ2n) is 7.19. The molecule has 0 aliphatic rings. The molecule has 0 fully saturated rings. The summed E-state index contributed by atoms with van der Waals surface area (Å²) in [6, 6.07) is 8.31. The van der Waals surface area contributed by atoms with E-state index in [1.807, 2.05) is 0 Å². The number of unbranched alkanes of at least 4 members (excludes halogenated alkanes) is 12. The lowest BCUT2D eigenvalue weighted by atomic mass is 10.0. The Morgan fingerprint density at radius 3 is 1.83 bits per heavy atom. The lowest BCUT2D eigenvalue weighted by Gasteiger charge is -2.02. The highest BCUT2D eigenvalue weighted by molar-refractivity contribution is 5.74. The first-order valence-electron chi connectivity index (χ1n) is 10.3. The first kappa shape index (κ1) is 19.0. The van der Waals surface area contributed by atoms with Crippen LogP contribution in [0.15, 0.2) is 24.3 Å². The van der Waals surface area contributed by atoms with E-state index < -0.39 is 0 Å². The number of aromatic nitrogens is 2. The Labute approximate surface area is 148 Å². The number of aryl methyl sites for hydroxylation is 1. The minimum atomic E-state index is 1.09. The topological polar surface area (TPSA) is 28.7 Å². The van der Waals surface area contributed by atoms with Crippen molar-refractivity contribution in [3.05, 3.63) is 30.1 Å². The van der Waals surface area contributed by atoms with E-state index in [-0.39, 0.29) is 0 Å². The highest BCUT2D eigenvalue weighted by atomic mass is 14.9. The highest BCUT2D eigenvalue weighted by Crippen LogP contribution is 2.15. The van der Waals surface area contributed by atoms with Gasteiger partial charge in [0.1, 0.15) is 5.82 Å². The smallest absolute Gasteiger partial charge is 0.107 e. The van der Waals surface area contributed by atoms with Crippen molar-refractivity contribution >= 4 is 11.0 Å². The number of nitrogens with one attached hydrogen (secondary N) is 1. The Bertz CT molecular complexity index is 511. The van der Waals surface area contributed by atoms with E-state index in [1.54, 1.807) is 0 Å². The van der Waals surface area contributed by atoms with Crippen molar-refractivity contribution in [2.75, 3.05) is 0 Å². The number of aromatic amines is 1. The molecular formula is C22H36N2. The molecule has 0 aliphatic carbocycles. The highest BCUT2D eigenvalue weighted by Gasteiger charge is 2.01. The van der Waals surface area contributed by atoms with Gasteiger partial charge in [-0.2, -0.15) is 0 Å². The molecule has 134 valence electrons. The molecule has 0 unspecified atom stereocenters. The minimum absolute atomic E-state index is 1.09. The lowest BCUT2D eigenvalue weighted by molar-refractivity contribution is 0.538. The van der Waals surface area contributed by atoms with Crippen molar-refractivity contribution in [3.63, 3.8) is 0 Å². The standard InChI is InChI=1S/C22H36N2/c1-2-3-4-5-6-7-8-9-10-11-12-13-14-19-22-23-20-17-15-16-18-21(20)24-22/h15-18H,2-14,19H2,1H3,(H,23,24). The summed E-state index contributed by atoms with van der Waals surface area (Å²) in [5.74, 6) is 1.15. The molecule has 2 nitrogen and oxygen atoms in total. The zero-order valence-electron chi connectivity index (χ0n) is 15.7. The van der Waals surface area contributed by atoms with E-state index in [9.17, 15) is 0 Å². The molecular weight excluding hydrogens is 292 g/mol. The predicted molar refractivity (Wildman–Crippen MR) is 105 cm³/mol. The number of hydrogen-bond donors (Lipinski definition) is 1. The molecule has 2 aromatic rings. The minimum Gasteiger partial charge on any atom is -0.342 e. The normalized spacial score (nSPS) is 11.4. The SMILES string of the molecule is CCCCCCCCCCCCCCCc1nc2ccccc2[nH]1. The van der Waals surface area contributed by atoms with Gasteiger partial charge in [-0.3, -0.25) is 0 Å². The van der Waals surface area contributed by atoms with Crippen LogP contribution < -0.4 is 0 Å². The quantitative estimate of drug-likeness (QED) is 0.365. The van der Waals surface area contributed by atoms with Gasteiger partial charge < -0.3 is 4.98 Å². The van der Waals surface area contributed by atoms with Gasteiger partial charge in [-0.1, -0.05) is 96.1 Å². The molecule has 0 saturated carbocycles. The van der Waals surface area contributed by atoms with Crippen molar-refractivity contribution in [3.8, 4) is 0 Å². The average molecular weight is 329 g/mol. The number of imidazole rings is 1. The largest absolute Gasteiger partial charge is 0.342 e. The van der Waals surface area contributed by atoms with E-state index in [1.165, 1.54) is 89.0 Å². The molecule has 0 spiro atoms. The zero-order valence-corrected chi connectivity index (χ0v) is 15.7. The molecule has 2 heteroatoms. The van der Waals surface area contributed by atoms with Gasteiger partial charge in [-0.05, 0) is 18.6 Å². The molecule has 0 aliphatic heterocycles. The van der Waals surface area contributed by atoms with Crippen LogP contribution in [-0.4, -0.2) is 9.97 Å². The summed E-state index contributed by atoms with van der Waals surface area (Å²) in [4.78, 5) is 8.08. The van der Waals surface area contributed by atoms with Crippen molar-refractivity contribution in [1.29, 1.82) is 0 Å². The molecule has 0 saturated heterocycles. The summed E-state index contributed by atoms with van der Waals surface area (Å²) in [6.45, 7) is 2.29. The third-order valence-electron chi connectivity index (χ3n) is 4.96. The van der Waals surface area contributed by atoms with Gasteiger partial charge in [-0.15, -0.1) is 0 Å². The van der Waals surface area contributed by atoms with Gasteiger partial charge in [0, 0.05) is 6.42 Å². The molecule has 2 rings (SSSR count). The van der Waals surface area contributed by atoms with Crippen LogP contribution in [-0.2, 0) is 6.42 Å². The first-order chi connectivity index (χ1) is 11.9. The van der Waals surface area contributed by atoms with Gasteiger partial charge in [0.25, 0.3) is 0 Å². The van der Waals surface area contributed by atoms with Crippen LogP contribution in [0.4, 0.5) is 0 Å². The summed E-state index contributed by atoms with van der Waals surface area (Å²) in [5, 5.41) is 0. The number of para-hydroxylation sites is 2. The number of benzene rings is 1. The summed E-state index contributed by atoms with van der Waals surface area (Å²) < 4.78 is 0. The lowest BCUT2D eigenvalue weighted by Crippen LogP contribution is -1.89. The van der Waals surface area contributed by atoms with E-state index in [2.05, 4.69) is 41.2 Å². The maximum atomic E-state index is 4.65. The van der Waals surface area contributed by atoms with Gasteiger partial charge >= 0.3 is 0 Å². The molecule has 1 aromatic carbocycles. The number of hydrogen-bond acceptors (Lipinski definition) is 1. The van der Waals surface area contributed by atoms with Gasteiger partial charge in [0.2, 0.25) is 0 Å². The van der Waals surface area contributed by atoms with Crippen LogP contribution in [0.5, 0.6) is 0 Å². The Morgan fingerprint density at radius 2 is 1.25 bits per heavy atom. The van der Waals surface area contributed by atoms with E-state index in [0.717, 1.165) is 17.8 Å². The monoisotopic (exact) mass is 328 g/mol. The second-order valence-corrected chi connectivity index (χ2v) is 7.19. The van der Waals surface area contributed by atoms with Crippen LogP contribution in [0.1, 0.15) is 96.2 Å². The van der Waals surface area contributed by atoms with Crippen molar-refractivity contribution in [2.45, 2.75) is 96.8 Å². The van der Waals surface area contributed by atoms with Crippen LogP contribution in [0, 0.1) is 0 Å². The van der Waals surface area contributed by atoms with Crippen LogP contribution in [0.3, 0.4) is 0 Å². The second kappa shape index (κ2) is 12.1. The number of nitrogens with zero attached hydrogens (tertiary/aromatic N) is 1. The van der Waals surface area contributed by atoms with Crippen LogP contribution >= 0.6 is 0 Å². The van der Waals surface area contributed by atoms with E-state index in [4.69, 9.17) is 0 Å². The Morgan fingerprint density at radius 1 is 0.708 bits per heavy atom. The fourth-order valence-corrected chi connectivity index (χ4v) is 3.43. The molecule has 0 amide bonds. The Kier molecular flexibility index (Phi) is 9.60. The van der Waals surface area contributed by atoms with E-state index in [0.29, 0.717) is 0 Å². The van der Waals surface area contributed by atoms with Gasteiger partial charge in [-0.25, -0.2) is 4.98 Å². The zero-order chi connectivity index (χ0) is 16.9. The molecule has 24 heavy (non-hydrogen) atoms. The summed E-state index contributed by atoms with van der Waals surface area (Å²) in [7, 11) is 0. The fourth-order valence-electron chi connectivity index (χ4n) is 3.43. The molecule has 0 atom stereocenters. The summed E-state index contributed by atoms with van der Waals surface area (Å²) in [6.07, 6.45) is 19.4. The predicted octanol–water partition coefficient (Wildman–Crippen LogP) is 7.20. The molecule has 0 bridgehead atoms. The Balaban J connectivity index is 1.39. The van der Waals surface area contributed by atoms with Crippen molar-refractivity contribution < 1.29 is 0 Å². The third-order valence-corrected chi connectivity index (χ3v) is 4.96. The van der Waals surface area contributed by atoms with Gasteiger partial charge in [0.15, 0.2) is 0 Å². The third kappa shape index (κ3) is 7.51. The number of fused-ring (bicyclic) bond motifs is 1. The maximum absolute atomic E-state index is 4.65. The van der Waals surface area contributed by atoms with Crippen LogP contribution in [0.25, 0.3) is 11.0 Å². The molecule has 1 N–H and O–H groups in total.